The van der Waals surface area contributed by atoms with E-state index in [1.807, 2.05) is 34.6 Å². The molecule has 8 heteroatoms. The van der Waals surface area contributed by atoms with Crippen LogP contribution in [0.5, 0.6) is 5.75 Å². The van der Waals surface area contributed by atoms with Crippen molar-refractivity contribution in [1.82, 2.24) is 4.98 Å². The number of hydrogen-bond acceptors (Lipinski definition) is 8. The van der Waals surface area contributed by atoms with E-state index in [1.165, 1.54) is 0 Å². The van der Waals surface area contributed by atoms with Crippen LogP contribution in [0.15, 0.2) is 39.8 Å². The van der Waals surface area contributed by atoms with Crippen LogP contribution in [0.1, 0.15) is 79.4 Å². The first-order valence-corrected chi connectivity index (χ1v) is 13.8. The molecule has 3 heterocycles. The van der Waals surface area contributed by atoms with Gasteiger partial charge < -0.3 is 28.8 Å². The number of rotatable bonds is 4. The Morgan fingerprint density at radius 3 is 2.55 bits per heavy atom. The summed E-state index contributed by atoms with van der Waals surface area (Å²) >= 11 is 0. The number of pyridine rings is 1. The number of ether oxygens (including phenoxy) is 3. The van der Waals surface area contributed by atoms with Gasteiger partial charge in [0.05, 0.1) is 18.3 Å². The molecular formula is C30H43NO7. The van der Waals surface area contributed by atoms with Crippen LogP contribution in [0.25, 0.3) is 11.3 Å². The van der Waals surface area contributed by atoms with Crippen molar-refractivity contribution in [2.45, 2.75) is 97.4 Å². The van der Waals surface area contributed by atoms with Crippen LogP contribution in [0.2, 0.25) is 0 Å². The molecule has 2 N–H and O–H groups in total. The Morgan fingerprint density at radius 2 is 1.92 bits per heavy atom. The largest absolute Gasteiger partial charge is 0.484 e. The van der Waals surface area contributed by atoms with Crippen LogP contribution < -0.4 is 10.4 Å². The Kier molecular flexibility index (Phi) is 7.85. The number of aliphatic hydroxyl groups is 2. The minimum atomic E-state index is -1.14. The molecule has 0 bridgehead atoms. The fourth-order valence-corrected chi connectivity index (χ4v) is 7.24. The molecule has 2 aromatic rings. The molecule has 2 fully saturated rings. The molecule has 3 aliphatic rings. The lowest BCUT2D eigenvalue weighted by Gasteiger charge is -2.64. The second-order valence-electron chi connectivity index (χ2n) is 11.6. The van der Waals surface area contributed by atoms with Crippen molar-refractivity contribution < 1.29 is 28.8 Å². The predicted molar refractivity (Wildman–Crippen MR) is 144 cm³/mol. The Labute approximate surface area is 225 Å². The third kappa shape index (κ3) is 4.59. The number of methoxy groups -OCH3 is 1. The second kappa shape index (κ2) is 10.4. The van der Waals surface area contributed by atoms with Gasteiger partial charge in [0.25, 0.3) is 0 Å². The molecule has 210 valence electrons. The Balaban J connectivity index is 0.00000164. The van der Waals surface area contributed by atoms with Crippen LogP contribution in [0.3, 0.4) is 0 Å². The number of nitrogens with zero attached hydrogens (tertiary/aromatic N) is 1. The third-order valence-corrected chi connectivity index (χ3v) is 9.27. The van der Waals surface area contributed by atoms with E-state index in [0.29, 0.717) is 17.7 Å². The van der Waals surface area contributed by atoms with Crippen LogP contribution in [-0.4, -0.2) is 45.9 Å². The predicted octanol–water partition coefficient (Wildman–Crippen LogP) is 5.11. The number of aromatic nitrogens is 1. The van der Waals surface area contributed by atoms with Gasteiger partial charge in [-0.2, -0.15) is 0 Å². The summed E-state index contributed by atoms with van der Waals surface area (Å²) in [5.41, 5.74) is -1.35. The highest BCUT2D eigenvalue weighted by molar-refractivity contribution is 5.59. The minimum Gasteiger partial charge on any atom is -0.484 e. The van der Waals surface area contributed by atoms with E-state index in [1.54, 1.807) is 37.7 Å². The molecule has 0 aromatic carbocycles. The first-order chi connectivity index (χ1) is 17.9. The molecule has 2 saturated carbocycles. The van der Waals surface area contributed by atoms with Crippen molar-refractivity contribution in [2.75, 3.05) is 7.11 Å². The van der Waals surface area contributed by atoms with E-state index >= 15 is 0 Å². The van der Waals surface area contributed by atoms with Gasteiger partial charge in [-0.15, -0.1) is 0 Å². The van der Waals surface area contributed by atoms with Gasteiger partial charge >= 0.3 is 5.63 Å². The number of fused-ring (bicyclic) bond motifs is 4. The van der Waals surface area contributed by atoms with Gasteiger partial charge in [0, 0.05) is 37.1 Å². The Bertz CT molecular complexity index is 1180. The zero-order valence-electron chi connectivity index (χ0n) is 23.9. The fraction of sp³-hybridized carbons (Fsp3) is 0.667. The summed E-state index contributed by atoms with van der Waals surface area (Å²) in [5, 5.41) is 23.2. The van der Waals surface area contributed by atoms with E-state index in [9.17, 15) is 15.0 Å². The smallest absolute Gasteiger partial charge is 0.345 e. The zero-order chi connectivity index (χ0) is 28.0. The van der Waals surface area contributed by atoms with E-state index < -0.39 is 40.6 Å². The van der Waals surface area contributed by atoms with Crippen LogP contribution in [-0.2, 0) is 9.47 Å². The lowest BCUT2D eigenvalue weighted by molar-refractivity contribution is -0.277. The molecule has 1 aliphatic heterocycles. The van der Waals surface area contributed by atoms with Crippen molar-refractivity contribution in [3.63, 3.8) is 0 Å². The van der Waals surface area contributed by atoms with Gasteiger partial charge in [-0.3, -0.25) is 4.98 Å². The molecule has 8 atom stereocenters. The molecule has 0 saturated heterocycles. The van der Waals surface area contributed by atoms with E-state index in [4.69, 9.17) is 18.6 Å². The molecule has 38 heavy (non-hydrogen) atoms. The molecule has 0 amide bonds. The summed E-state index contributed by atoms with van der Waals surface area (Å²) in [7, 11) is 1.63. The average molecular weight is 530 g/mol. The standard InChI is InChI=1S/C28H37NO7.C2H6/c1-15-17-12-21(30)28(5)24(27(17,4)10-9-18(15)35-26(2,3)33-6)23(31)22-20(36-28)13-19(34-25(22)32)16-8-7-11-29-14-16;1-2/h7-8,11,13-15,17-18,21,23-24,30-31H,9-10,12H2,1-6H3;1-2H3/t15?,17?,18-,21-,23-,24?,27-,28?;/m0./s1. The lowest BCUT2D eigenvalue weighted by Crippen LogP contribution is -2.68. The highest BCUT2D eigenvalue weighted by atomic mass is 16.7. The van der Waals surface area contributed by atoms with Gasteiger partial charge in [0.15, 0.2) is 5.79 Å². The normalized spacial score (nSPS) is 36.1. The number of aliphatic hydroxyl groups excluding tert-OH is 2. The van der Waals surface area contributed by atoms with E-state index in [-0.39, 0.29) is 29.3 Å². The van der Waals surface area contributed by atoms with Crippen LogP contribution >= 0.6 is 0 Å². The molecular weight excluding hydrogens is 486 g/mol. The van der Waals surface area contributed by atoms with Crippen molar-refractivity contribution in [3.05, 3.63) is 46.6 Å². The van der Waals surface area contributed by atoms with Gasteiger partial charge in [0.1, 0.15) is 22.7 Å². The Hall–Kier alpha value is -2.26. The summed E-state index contributed by atoms with van der Waals surface area (Å²) in [6.45, 7) is 14.0. The number of hydrogen-bond donors (Lipinski definition) is 2. The quantitative estimate of drug-likeness (QED) is 0.526. The molecule has 2 aromatic heterocycles. The molecule has 5 rings (SSSR count). The molecule has 0 spiro atoms. The maximum Gasteiger partial charge on any atom is 0.345 e. The first kappa shape index (κ1) is 28.7. The van der Waals surface area contributed by atoms with Crippen LogP contribution in [0, 0.1) is 23.2 Å². The topological polar surface area (TPSA) is 111 Å². The second-order valence-corrected chi connectivity index (χ2v) is 11.6. The van der Waals surface area contributed by atoms with Gasteiger partial charge in [0.2, 0.25) is 0 Å². The molecule has 4 unspecified atom stereocenters. The SMILES string of the molecule is CC.COC(C)(C)O[C@H]1CC[C@@]2(C)C(C[C@H](O)C3(C)Oc4cc(-c5cccnc5)oc(=O)c4[C@H](O)C32)C1C. The van der Waals surface area contributed by atoms with Crippen molar-refractivity contribution in [3.8, 4) is 17.1 Å². The third-order valence-electron chi connectivity index (χ3n) is 9.27. The summed E-state index contributed by atoms with van der Waals surface area (Å²) in [4.78, 5) is 17.3. The van der Waals surface area contributed by atoms with E-state index in [0.717, 1.165) is 12.8 Å². The minimum absolute atomic E-state index is 0.0457. The fourth-order valence-electron chi connectivity index (χ4n) is 7.24. The van der Waals surface area contributed by atoms with Gasteiger partial charge in [-0.05, 0) is 69.4 Å². The molecule has 8 nitrogen and oxygen atoms in total. The summed E-state index contributed by atoms with van der Waals surface area (Å²) in [6, 6.07) is 5.16. The molecule has 2 aliphatic carbocycles. The van der Waals surface area contributed by atoms with Gasteiger partial charge in [-0.25, -0.2) is 4.79 Å². The van der Waals surface area contributed by atoms with Crippen LogP contribution in [0.4, 0.5) is 0 Å². The van der Waals surface area contributed by atoms with Gasteiger partial charge in [-0.1, -0.05) is 27.7 Å². The average Bonchev–Trinajstić information content (AvgIpc) is 2.89. The van der Waals surface area contributed by atoms with Crippen molar-refractivity contribution >= 4 is 0 Å². The maximum atomic E-state index is 13.2. The highest BCUT2D eigenvalue weighted by Crippen LogP contribution is 2.64. The lowest BCUT2D eigenvalue weighted by atomic mass is 9.46. The van der Waals surface area contributed by atoms with Crippen molar-refractivity contribution in [2.24, 2.45) is 23.2 Å². The summed E-state index contributed by atoms with van der Waals surface area (Å²) < 4.78 is 23.9. The first-order valence-electron chi connectivity index (χ1n) is 13.8. The van der Waals surface area contributed by atoms with E-state index in [2.05, 4.69) is 18.8 Å². The zero-order valence-corrected chi connectivity index (χ0v) is 23.9. The Morgan fingerprint density at radius 1 is 1.21 bits per heavy atom. The van der Waals surface area contributed by atoms with Crippen molar-refractivity contribution in [1.29, 1.82) is 0 Å². The molecule has 0 radical (unpaired) electrons. The summed E-state index contributed by atoms with van der Waals surface area (Å²) in [6.07, 6.45) is 3.26. The maximum absolute atomic E-state index is 13.2. The monoisotopic (exact) mass is 529 g/mol. The highest BCUT2D eigenvalue weighted by Gasteiger charge is 2.66. The summed E-state index contributed by atoms with van der Waals surface area (Å²) in [5.74, 6) is -0.496.